The first kappa shape index (κ1) is 28.8. The zero-order valence-corrected chi connectivity index (χ0v) is 23.3. The topological polar surface area (TPSA) is 87.1 Å². The summed E-state index contributed by atoms with van der Waals surface area (Å²) in [6.07, 6.45) is 6.54. The highest BCUT2D eigenvalue weighted by atomic mass is 32.2. The first-order valence-electron chi connectivity index (χ1n) is 13.5. The van der Waals surface area contributed by atoms with Gasteiger partial charge in [-0.05, 0) is 31.6 Å². The average Bonchev–Trinajstić information content (AvgIpc) is 3.45. The van der Waals surface area contributed by atoms with E-state index in [4.69, 9.17) is 4.74 Å². The number of carbonyl (C=O) groups excluding carboxylic acids is 3. The molecule has 3 fully saturated rings. The maximum Gasteiger partial charge on any atom is 0.311 e. The molecule has 1 spiro atoms. The van der Waals surface area contributed by atoms with Crippen LogP contribution in [0.3, 0.4) is 0 Å². The van der Waals surface area contributed by atoms with Crippen molar-refractivity contribution in [3.05, 3.63) is 25.3 Å². The summed E-state index contributed by atoms with van der Waals surface area (Å²) in [7, 11) is 0. The lowest BCUT2D eigenvalue weighted by Crippen LogP contribution is -2.61. The van der Waals surface area contributed by atoms with Gasteiger partial charge in [0.2, 0.25) is 11.8 Å². The van der Waals surface area contributed by atoms with Crippen LogP contribution in [0, 0.1) is 23.7 Å². The van der Waals surface area contributed by atoms with E-state index in [1.807, 2.05) is 25.7 Å². The molecule has 0 aromatic rings. The summed E-state index contributed by atoms with van der Waals surface area (Å²) in [5.74, 6) is -1.88. The minimum atomic E-state index is -0.748. The third kappa shape index (κ3) is 4.53. The lowest BCUT2D eigenvalue weighted by molar-refractivity contribution is -0.154. The molecule has 0 radical (unpaired) electrons. The van der Waals surface area contributed by atoms with Crippen LogP contribution in [0.1, 0.15) is 60.3 Å². The quantitative estimate of drug-likeness (QED) is 0.295. The van der Waals surface area contributed by atoms with Crippen LogP contribution in [-0.2, 0) is 19.1 Å². The third-order valence-corrected chi connectivity index (χ3v) is 10.8. The van der Waals surface area contributed by atoms with Gasteiger partial charge >= 0.3 is 5.97 Å². The molecule has 3 rings (SSSR count). The summed E-state index contributed by atoms with van der Waals surface area (Å²) < 4.78 is 4.73. The van der Waals surface area contributed by atoms with Crippen molar-refractivity contribution >= 4 is 29.5 Å². The fraction of sp³-hybridized carbons (Fsp3) is 0.750. The van der Waals surface area contributed by atoms with Crippen LogP contribution in [-0.4, -0.2) is 80.6 Å². The van der Waals surface area contributed by atoms with Gasteiger partial charge in [0.05, 0.1) is 29.2 Å². The number of thioether (sulfide) groups is 1. The van der Waals surface area contributed by atoms with Crippen molar-refractivity contribution < 1.29 is 24.2 Å². The molecule has 9 atom stereocenters. The van der Waals surface area contributed by atoms with Gasteiger partial charge in [0.15, 0.2) is 0 Å². The number of hydrogen-bond acceptors (Lipinski definition) is 6. The van der Waals surface area contributed by atoms with Crippen molar-refractivity contribution in [3.63, 3.8) is 0 Å². The summed E-state index contributed by atoms with van der Waals surface area (Å²) in [6.45, 7) is 18.0. The molecule has 1 N–H and O–H groups in total. The number of nitrogens with zero attached hydrogens (tertiary/aromatic N) is 2. The van der Waals surface area contributed by atoms with Crippen LogP contribution < -0.4 is 0 Å². The standard InChI is InChI=1S/C28H44N2O5S/c1-8-12-19(7)29(13-9-2)26(33)24-28-18(6)15-21(36-28)22(27(34)35-14-10-3)23(28)25(32)30(24)20(16-31)17(5)11-4/h9-10,17-24,31H,2-3,8,11-16H2,1,4-7H3/t17-,18?,19?,20-,21+,22-,23-,24?,28?/m0/s1. The first-order valence-corrected chi connectivity index (χ1v) is 14.3. The number of aliphatic hydroxyl groups is 1. The van der Waals surface area contributed by atoms with Gasteiger partial charge in [-0.3, -0.25) is 14.4 Å². The number of esters is 1. The van der Waals surface area contributed by atoms with E-state index in [1.165, 1.54) is 6.08 Å². The van der Waals surface area contributed by atoms with Gasteiger partial charge in [0.1, 0.15) is 12.6 Å². The van der Waals surface area contributed by atoms with Crippen molar-refractivity contribution in [1.82, 2.24) is 9.80 Å². The minimum absolute atomic E-state index is 0.00549. The summed E-state index contributed by atoms with van der Waals surface area (Å²) in [4.78, 5) is 45.6. The zero-order chi connectivity index (χ0) is 26.8. The molecule has 3 heterocycles. The van der Waals surface area contributed by atoms with E-state index in [1.54, 1.807) is 22.7 Å². The van der Waals surface area contributed by atoms with Gasteiger partial charge in [-0.2, -0.15) is 0 Å². The van der Waals surface area contributed by atoms with E-state index in [0.29, 0.717) is 6.54 Å². The highest BCUT2D eigenvalue weighted by Gasteiger charge is 2.77. The van der Waals surface area contributed by atoms with Gasteiger partial charge in [-0.25, -0.2) is 0 Å². The van der Waals surface area contributed by atoms with Crippen LogP contribution in [0.4, 0.5) is 0 Å². The summed E-state index contributed by atoms with van der Waals surface area (Å²) in [5, 5.41) is 10.4. The van der Waals surface area contributed by atoms with Crippen molar-refractivity contribution in [2.24, 2.45) is 23.7 Å². The van der Waals surface area contributed by atoms with E-state index in [2.05, 4.69) is 27.0 Å². The van der Waals surface area contributed by atoms with Crippen molar-refractivity contribution in [2.75, 3.05) is 19.8 Å². The number of hydrogen-bond donors (Lipinski definition) is 1. The van der Waals surface area contributed by atoms with Gasteiger partial charge in [-0.1, -0.05) is 59.3 Å². The van der Waals surface area contributed by atoms with E-state index in [9.17, 15) is 19.5 Å². The number of ether oxygens (including phenoxy) is 1. The number of amides is 2. The Bertz CT molecular complexity index is 865. The molecule has 202 valence electrons. The van der Waals surface area contributed by atoms with E-state index < -0.39 is 28.7 Å². The van der Waals surface area contributed by atoms with Crippen LogP contribution >= 0.6 is 11.8 Å². The zero-order valence-electron chi connectivity index (χ0n) is 22.5. The minimum Gasteiger partial charge on any atom is -0.461 e. The van der Waals surface area contributed by atoms with E-state index in [-0.39, 0.29) is 54.1 Å². The summed E-state index contributed by atoms with van der Waals surface area (Å²) >= 11 is 1.64. The Morgan fingerprint density at radius 3 is 2.56 bits per heavy atom. The van der Waals surface area contributed by atoms with Crippen LogP contribution in [0.15, 0.2) is 25.3 Å². The molecule has 0 aliphatic carbocycles. The Balaban J connectivity index is 2.15. The molecular formula is C28H44N2O5S. The number of rotatable bonds is 13. The van der Waals surface area contributed by atoms with E-state index >= 15 is 0 Å². The third-order valence-electron chi connectivity index (χ3n) is 8.73. The highest BCUT2D eigenvalue weighted by molar-refractivity contribution is 8.02. The summed E-state index contributed by atoms with van der Waals surface area (Å²) in [5.41, 5.74) is 0. The Morgan fingerprint density at radius 1 is 1.31 bits per heavy atom. The Labute approximate surface area is 220 Å². The van der Waals surface area contributed by atoms with Gasteiger partial charge < -0.3 is 19.6 Å². The SMILES string of the molecule is C=CCOC(=O)[C@@H]1[C@H]2C(=O)N([C@@H](CO)[C@@H](C)CC)C(C(=O)N(CC=C)C(C)CCC)C23S[C@@H]1CC3C. The first-order chi connectivity index (χ1) is 17.2. The van der Waals surface area contributed by atoms with Crippen LogP contribution in [0.2, 0.25) is 0 Å². The van der Waals surface area contributed by atoms with Crippen LogP contribution in [0.5, 0.6) is 0 Å². The fourth-order valence-corrected chi connectivity index (χ4v) is 9.16. The molecule has 4 unspecified atom stereocenters. The smallest absolute Gasteiger partial charge is 0.311 e. The predicted octanol–water partition coefficient (Wildman–Crippen LogP) is 3.66. The molecule has 3 aliphatic rings. The number of aliphatic hydroxyl groups excluding tert-OH is 1. The number of fused-ring (bicyclic) bond motifs is 1. The summed E-state index contributed by atoms with van der Waals surface area (Å²) in [6, 6.07) is -1.26. The molecule has 2 amide bonds. The number of likely N-dealkylation sites (tertiary alicyclic amines) is 1. The molecule has 3 aliphatic heterocycles. The van der Waals surface area contributed by atoms with Crippen molar-refractivity contribution in [3.8, 4) is 0 Å². The lowest BCUT2D eigenvalue weighted by Gasteiger charge is -2.44. The molecule has 7 nitrogen and oxygen atoms in total. The molecule has 2 bridgehead atoms. The Morgan fingerprint density at radius 2 is 2.00 bits per heavy atom. The lowest BCUT2D eigenvalue weighted by atomic mass is 9.66. The van der Waals surface area contributed by atoms with E-state index in [0.717, 1.165) is 25.7 Å². The van der Waals surface area contributed by atoms with Crippen molar-refractivity contribution in [1.29, 1.82) is 0 Å². The molecule has 0 aromatic carbocycles. The molecule has 0 aromatic heterocycles. The fourth-order valence-electron chi connectivity index (χ4n) is 6.77. The second-order valence-electron chi connectivity index (χ2n) is 10.8. The van der Waals surface area contributed by atoms with Gasteiger partial charge in [0.25, 0.3) is 0 Å². The monoisotopic (exact) mass is 520 g/mol. The predicted molar refractivity (Wildman–Crippen MR) is 143 cm³/mol. The highest BCUT2D eigenvalue weighted by Crippen LogP contribution is 2.69. The van der Waals surface area contributed by atoms with Gasteiger partial charge in [-0.15, -0.1) is 18.3 Å². The molecule has 0 saturated carbocycles. The normalized spacial score (nSPS) is 33.1. The maximum atomic E-state index is 14.5. The molecular weight excluding hydrogens is 476 g/mol. The van der Waals surface area contributed by atoms with Gasteiger partial charge in [0, 0.05) is 17.8 Å². The largest absolute Gasteiger partial charge is 0.461 e. The average molecular weight is 521 g/mol. The Kier molecular flexibility index (Phi) is 9.36. The van der Waals surface area contributed by atoms with Crippen LogP contribution in [0.25, 0.3) is 0 Å². The second-order valence-corrected chi connectivity index (χ2v) is 12.3. The molecule has 8 heteroatoms. The molecule has 3 saturated heterocycles. The molecule has 36 heavy (non-hydrogen) atoms. The second kappa shape index (κ2) is 11.7. The van der Waals surface area contributed by atoms with Crippen molar-refractivity contribution in [2.45, 2.75) is 88.4 Å². The number of carbonyl (C=O) groups is 3. The Hall–Kier alpha value is -1.80. The maximum absolute atomic E-state index is 14.5.